The summed E-state index contributed by atoms with van der Waals surface area (Å²) in [4.78, 5) is 16.0. The van der Waals surface area contributed by atoms with Crippen molar-refractivity contribution >= 4 is 5.91 Å². The van der Waals surface area contributed by atoms with Crippen molar-refractivity contribution in [3.05, 3.63) is 47.5 Å². The largest absolute Gasteiger partial charge is 0.377 e. The fraction of sp³-hybridized carbons (Fsp3) is 0.571. The third-order valence-electron chi connectivity index (χ3n) is 5.28. The molecule has 1 aromatic carbocycles. The Labute approximate surface area is 166 Å². The maximum Gasteiger partial charge on any atom is 0.225 e. The molecule has 3 atom stereocenters. The summed E-state index contributed by atoms with van der Waals surface area (Å²) in [7, 11) is 0. The second-order valence-electron chi connectivity index (χ2n) is 7.57. The fourth-order valence-electron chi connectivity index (χ4n) is 3.83. The average Bonchev–Trinajstić information content (AvgIpc) is 3.08. The van der Waals surface area contributed by atoms with E-state index in [-0.39, 0.29) is 24.5 Å². The minimum absolute atomic E-state index is 0.0394. The summed E-state index contributed by atoms with van der Waals surface area (Å²) in [5.74, 6) is 1.23. The molecule has 28 heavy (non-hydrogen) atoms. The number of hydrogen-bond donors (Lipinski definition) is 2. The molecule has 0 unspecified atom stereocenters. The normalized spacial score (nSPS) is 22.3. The molecule has 1 aliphatic carbocycles. The molecule has 0 radical (unpaired) electrons. The van der Waals surface area contributed by atoms with Crippen molar-refractivity contribution in [3.8, 4) is 0 Å². The second kappa shape index (κ2) is 9.80. The van der Waals surface area contributed by atoms with Crippen molar-refractivity contribution < 1.29 is 9.53 Å². The van der Waals surface area contributed by atoms with Gasteiger partial charge in [-0.3, -0.25) is 4.79 Å². The third-order valence-corrected chi connectivity index (χ3v) is 5.28. The Hall–Kier alpha value is -2.25. The van der Waals surface area contributed by atoms with Crippen molar-refractivity contribution in [2.24, 2.45) is 11.5 Å². The number of benzene rings is 1. The predicted octanol–water partition coefficient (Wildman–Crippen LogP) is 1.94. The van der Waals surface area contributed by atoms with E-state index in [1.54, 1.807) is 0 Å². The topological polar surface area (TPSA) is 109 Å². The molecule has 1 aliphatic rings. The van der Waals surface area contributed by atoms with Gasteiger partial charge in [-0.25, -0.2) is 9.67 Å². The van der Waals surface area contributed by atoms with Crippen LogP contribution in [0.3, 0.4) is 0 Å². The van der Waals surface area contributed by atoms with Crippen LogP contribution in [0.25, 0.3) is 0 Å². The molecule has 1 heterocycles. The lowest BCUT2D eigenvalue weighted by atomic mass is 9.83. The van der Waals surface area contributed by atoms with E-state index in [0.717, 1.165) is 44.5 Å². The average molecular weight is 386 g/mol. The van der Waals surface area contributed by atoms with E-state index in [0.29, 0.717) is 12.4 Å². The minimum Gasteiger partial charge on any atom is -0.377 e. The van der Waals surface area contributed by atoms with Gasteiger partial charge in [0.1, 0.15) is 5.82 Å². The van der Waals surface area contributed by atoms with Crippen LogP contribution in [0.1, 0.15) is 55.7 Å². The molecule has 2 aromatic rings. The van der Waals surface area contributed by atoms with Gasteiger partial charge >= 0.3 is 0 Å². The van der Waals surface area contributed by atoms with Gasteiger partial charge in [0.25, 0.3) is 0 Å². The highest BCUT2D eigenvalue weighted by molar-refractivity contribution is 5.75. The molecule has 0 spiro atoms. The van der Waals surface area contributed by atoms with Crippen LogP contribution in [0.5, 0.6) is 0 Å². The molecule has 152 valence electrons. The summed E-state index contributed by atoms with van der Waals surface area (Å²) >= 11 is 0. The molecule has 7 nitrogen and oxygen atoms in total. The molecule has 0 aliphatic heterocycles. The van der Waals surface area contributed by atoms with E-state index in [9.17, 15) is 4.79 Å². The van der Waals surface area contributed by atoms with Crippen LogP contribution >= 0.6 is 0 Å². The zero-order valence-corrected chi connectivity index (χ0v) is 16.6. The Bertz CT molecular complexity index is 761. The van der Waals surface area contributed by atoms with Crippen molar-refractivity contribution in [2.45, 2.75) is 70.1 Å². The molecule has 0 saturated heterocycles. The van der Waals surface area contributed by atoms with E-state index < -0.39 is 5.91 Å². The van der Waals surface area contributed by atoms with Crippen LogP contribution in [0, 0.1) is 0 Å². The van der Waals surface area contributed by atoms with Gasteiger partial charge in [-0.15, -0.1) is 0 Å². The lowest BCUT2D eigenvalue weighted by Gasteiger charge is -2.33. The summed E-state index contributed by atoms with van der Waals surface area (Å²) in [6, 6.07) is 10.4. The Morgan fingerprint density at radius 1 is 1.29 bits per heavy atom. The zero-order chi connectivity index (χ0) is 19.9. The zero-order valence-electron chi connectivity index (χ0n) is 16.6. The molecule has 4 N–H and O–H groups in total. The number of amides is 1. The van der Waals surface area contributed by atoms with Gasteiger partial charge in [-0.1, -0.05) is 37.3 Å². The second-order valence-corrected chi connectivity index (χ2v) is 7.57. The first-order valence-corrected chi connectivity index (χ1v) is 10.2. The first-order valence-electron chi connectivity index (χ1n) is 10.2. The number of carbonyl (C=O) groups excluding carboxylic acids is 1. The predicted molar refractivity (Wildman–Crippen MR) is 108 cm³/mol. The summed E-state index contributed by atoms with van der Waals surface area (Å²) in [5.41, 5.74) is 12.9. The monoisotopic (exact) mass is 385 g/mol. The number of nitrogens with zero attached hydrogens (tertiary/aromatic N) is 3. The van der Waals surface area contributed by atoms with Gasteiger partial charge in [0.2, 0.25) is 5.91 Å². The fourth-order valence-corrected chi connectivity index (χ4v) is 3.83. The summed E-state index contributed by atoms with van der Waals surface area (Å²) in [5, 5.41) is 4.58. The molecule has 3 rings (SSSR count). The van der Waals surface area contributed by atoms with Gasteiger partial charge in [0.15, 0.2) is 5.82 Å². The molecule has 0 bridgehead atoms. The van der Waals surface area contributed by atoms with Crippen molar-refractivity contribution in [3.63, 3.8) is 0 Å². The molecule has 1 saturated carbocycles. The van der Waals surface area contributed by atoms with E-state index in [4.69, 9.17) is 16.2 Å². The summed E-state index contributed by atoms with van der Waals surface area (Å²) in [6.45, 7) is 3.54. The third kappa shape index (κ3) is 5.39. The van der Waals surface area contributed by atoms with Gasteiger partial charge in [-0.05, 0) is 37.7 Å². The summed E-state index contributed by atoms with van der Waals surface area (Å²) < 4.78 is 7.93. The lowest BCUT2D eigenvalue weighted by Crippen LogP contribution is -2.42. The van der Waals surface area contributed by atoms with Crippen LogP contribution in [0.4, 0.5) is 0 Å². The number of rotatable bonds is 9. The Kier molecular flexibility index (Phi) is 7.17. The lowest BCUT2D eigenvalue weighted by molar-refractivity contribution is -0.117. The van der Waals surface area contributed by atoms with Gasteiger partial charge in [0, 0.05) is 25.1 Å². The van der Waals surface area contributed by atoms with Crippen molar-refractivity contribution in [1.29, 1.82) is 0 Å². The number of carbonyl (C=O) groups is 1. The summed E-state index contributed by atoms with van der Waals surface area (Å²) in [6.07, 6.45) is 4.62. The maximum atomic E-state index is 11.4. The quantitative estimate of drug-likeness (QED) is 0.685. The number of aryl methyl sites for hydroxylation is 2. The van der Waals surface area contributed by atoms with Crippen molar-refractivity contribution in [1.82, 2.24) is 14.8 Å². The Morgan fingerprint density at radius 2 is 2.07 bits per heavy atom. The SMILES string of the molecule is CCCO[C@H]1C[C@@H](c2nc(CC(N)=O)nn2CCc2ccccc2)CC[C@@H]1N. The van der Waals surface area contributed by atoms with Crippen LogP contribution in [0.15, 0.2) is 30.3 Å². The first-order chi connectivity index (χ1) is 13.6. The van der Waals surface area contributed by atoms with E-state index in [1.165, 1.54) is 5.56 Å². The molecule has 1 aromatic heterocycles. The maximum absolute atomic E-state index is 11.4. The Morgan fingerprint density at radius 3 is 2.79 bits per heavy atom. The molecule has 1 amide bonds. The molecule has 1 fully saturated rings. The van der Waals surface area contributed by atoms with Crippen LogP contribution in [0.2, 0.25) is 0 Å². The van der Waals surface area contributed by atoms with Crippen LogP contribution < -0.4 is 11.5 Å². The molecular formula is C21H31N5O2. The van der Waals surface area contributed by atoms with Gasteiger partial charge in [0.05, 0.1) is 12.5 Å². The van der Waals surface area contributed by atoms with E-state index in [1.807, 2.05) is 22.9 Å². The van der Waals surface area contributed by atoms with Crippen molar-refractivity contribution in [2.75, 3.05) is 6.61 Å². The number of ether oxygens (including phenoxy) is 1. The number of nitrogens with two attached hydrogens (primary N) is 2. The first kappa shape index (κ1) is 20.5. The number of hydrogen-bond acceptors (Lipinski definition) is 5. The molecule has 7 heteroatoms. The van der Waals surface area contributed by atoms with Crippen LogP contribution in [-0.4, -0.2) is 39.4 Å². The van der Waals surface area contributed by atoms with Gasteiger partial charge < -0.3 is 16.2 Å². The minimum atomic E-state index is -0.415. The van der Waals surface area contributed by atoms with Crippen LogP contribution in [-0.2, 0) is 28.9 Å². The highest BCUT2D eigenvalue weighted by Gasteiger charge is 2.32. The van der Waals surface area contributed by atoms with E-state index in [2.05, 4.69) is 29.1 Å². The Balaban J connectivity index is 1.77. The van der Waals surface area contributed by atoms with E-state index >= 15 is 0 Å². The molecular weight excluding hydrogens is 354 g/mol. The number of aromatic nitrogens is 3. The highest BCUT2D eigenvalue weighted by Crippen LogP contribution is 2.33. The van der Waals surface area contributed by atoms with Gasteiger partial charge in [-0.2, -0.15) is 5.10 Å². The highest BCUT2D eigenvalue weighted by atomic mass is 16.5. The standard InChI is InChI=1S/C21H31N5O2/c1-2-12-28-18-13-16(8-9-17(18)22)21-24-20(14-19(23)27)25-26(21)11-10-15-6-4-3-5-7-15/h3-7,16-18H,2,8-14,22H2,1H3,(H2,23,27)/t16-,17-,18-/m0/s1. The smallest absolute Gasteiger partial charge is 0.225 e. The number of primary amides is 1.